The van der Waals surface area contributed by atoms with Gasteiger partial charge in [0.15, 0.2) is 0 Å². The van der Waals surface area contributed by atoms with E-state index in [1.165, 1.54) is 12.0 Å². The predicted molar refractivity (Wildman–Crippen MR) is 82.3 cm³/mol. The van der Waals surface area contributed by atoms with Gasteiger partial charge in [0.05, 0.1) is 18.9 Å². The van der Waals surface area contributed by atoms with E-state index >= 15 is 0 Å². The van der Waals surface area contributed by atoms with Crippen LogP contribution in [0, 0.1) is 0 Å². The lowest BCUT2D eigenvalue weighted by atomic mass is 10.2. The van der Waals surface area contributed by atoms with Gasteiger partial charge in [-0.3, -0.25) is 4.79 Å². The van der Waals surface area contributed by atoms with Crippen LogP contribution in [0.25, 0.3) is 0 Å². The minimum Gasteiger partial charge on any atom is -0.399 e. The Bertz CT molecular complexity index is 414. The first kappa shape index (κ1) is 18.2. The first-order chi connectivity index (χ1) is 10.5. The average Bonchev–Trinajstić information content (AvgIpc) is 2.90. The highest BCUT2D eigenvalue weighted by molar-refractivity contribution is 6.00. The number of likely N-dealkylation sites (tertiary alicyclic amines) is 1. The summed E-state index contributed by atoms with van der Waals surface area (Å²) in [5.41, 5.74) is 5.99. The molecule has 1 fully saturated rings. The molecule has 1 rings (SSSR count). The Morgan fingerprint density at radius 2 is 2.18 bits per heavy atom. The van der Waals surface area contributed by atoms with E-state index in [0.29, 0.717) is 12.3 Å². The zero-order chi connectivity index (χ0) is 16.5. The summed E-state index contributed by atoms with van der Waals surface area (Å²) in [5.74, 6) is -0.563. The van der Waals surface area contributed by atoms with Crippen molar-refractivity contribution in [1.82, 2.24) is 9.80 Å². The van der Waals surface area contributed by atoms with Crippen LogP contribution < -0.4 is 5.73 Å². The summed E-state index contributed by atoms with van der Waals surface area (Å²) in [6.07, 6.45) is 3.19. The molecule has 1 aliphatic rings. The number of carbonyl (C=O) groups is 2. The number of nitrogens with zero attached hydrogens (tertiary/aromatic N) is 3. The smallest absolute Gasteiger partial charge is 0.321 e. The summed E-state index contributed by atoms with van der Waals surface area (Å²) >= 11 is 0. The fraction of sp³-hybridized carbons (Fsp3) is 0.786. The third-order valence-electron chi connectivity index (χ3n) is 3.62. The van der Waals surface area contributed by atoms with Crippen molar-refractivity contribution in [2.75, 3.05) is 33.4 Å². The molecule has 1 saturated heterocycles. The highest BCUT2D eigenvalue weighted by atomic mass is 16.6. The van der Waals surface area contributed by atoms with Gasteiger partial charge in [0.25, 0.3) is 0 Å². The molecule has 0 radical (unpaired) electrons. The van der Waals surface area contributed by atoms with Crippen LogP contribution >= 0.6 is 0 Å². The van der Waals surface area contributed by atoms with Crippen LogP contribution in [0.3, 0.4) is 0 Å². The minimum absolute atomic E-state index is 0.119. The molecule has 1 atom stereocenters. The van der Waals surface area contributed by atoms with Gasteiger partial charge in [0.1, 0.15) is 13.2 Å². The van der Waals surface area contributed by atoms with E-state index in [-0.39, 0.29) is 32.1 Å². The van der Waals surface area contributed by atoms with Gasteiger partial charge >= 0.3 is 6.03 Å². The van der Waals surface area contributed by atoms with Crippen molar-refractivity contribution < 1.29 is 19.5 Å². The zero-order valence-electron chi connectivity index (χ0n) is 13.3. The topological polar surface area (TPSA) is 108 Å². The fourth-order valence-electron chi connectivity index (χ4n) is 2.51. The second-order valence-electron chi connectivity index (χ2n) is 5.29. The third-order valence-corrected chi connectivity index (χ3v) is 3.62. The molecular formula is C14H26N4O4. The molecule has 8 nitrogen and oxygen atoms in total. The first-order valence-electron chi connectivity index (χ1n) is 7.59. The Balaban J connectivity index is 2.80. The van der Waals surface area contributed by atoms with Crippen LogP contribution in [0.4, 0.5) is 4.79 Å². The Morgan fingerprint density at radius 3 is 2.73 bits per heavy atom. The van der Waals surface area contributed by atoms with Gasteiger partial charge in [-0.05, 0) is 6.42 Å². The van der Waals surface area contributed by atoms with E-state index in [1.54, 1.807) is 4.90 Å². The standard InChI is InChI=1S/C14H26N4O4/c1-3-4-5-6-17(7-8-19)14(21)18-10-11(16-22-2)9-12(18)13(15)20/h12,19H,3-10H2,1-2H3,(H2,15,20). The molecule has 0 spiro atoms. The Hall–Kier alpha value is -1.83. The number of primary amides is 1. The summed E-state index contributed by atoms with van der Waals surface area (Å²) in [7, 11) is 1.42. The molecule has 0 aromatic carbocycles. The maximum Gasteiger partial charge on any atom is 0.321 e. The van der Waals surface area contributed by atoms with Crippen molar-refractivity contribution >= 4 is 17.6 Å². The minimum atomic E-state index is -0.714. The van der Waals surface area contributed by atoms with Crippen molar-refractivity contribution in [2.24, 2.45) is 10.9 Å². The highest BCUT2D eigenvalue weighted by Crippen LogP contribution is 2.18. The molecule has 22 heavy (non-hydrogen) atoms. The highest BCUT2D eigenvalue weighted by Gasteiger charge is 2.38. The average molecular weight is 314 g/mol. The number of carbonyl (C=O) groups excluding carboxylic acids is 2. The van der Waals surface area contributed by atoms with Crippen LogP contribution in [-0.2, 0) is 9.63 Å². The fourth-order valence-corrected chi connectivity index (χ4v) is 2.51. The number of aliphatic hydroxyl groups is 1. The van der Waals surface area contributed by atoms with Crippen molar-refractivity contribution in [3.05, 3.63) is 0 Å². The quantitative estimate of drug-likeness (QED) is 0.491. The monoisotopic (exact) mass is 314 g/mol. The number of rotatable bonds is 8. The lowest BCUT2D eigenvalue weighted by molar-refractivity contribution is -0.121. The van der Waals surface area contributed by atoms with E-state index in [0.717, 1.165) is 19.3 Å². The predicted octanol–water partition coefficient (Wildman–Crippen LogP) is 0.153. The number of urea groups is 1. The van der Waals surface area contributed by atoms with Crippen LogP contribution in [0.2, 0.25) is 0 Å². The lowest BCUT2D eigenvalue weighted by Gasteiger charge is -2.30. The summed E-state index contributed by atoms with van der Waals surface area (Å²) in [6, 6.07) is -1.01. The van der Waals surface area contributed by atoms with Gasteiger partial charge in [-0.15, -0.1) is 0 Å². The van der Waals surface area contributed by atoms with Crippen molar-refractivity contribution in [3.63, 3.8) is 0 Å². The number of aliphatic hydroxyl groups excluding tert-OH is 1. The first-order valence-corrected chi connectivity index (χ1v) is 7.59. The molecule has 8 heteroatoms. The Morgan fingerprint density at radius 1 is 1.45 bits per heavy atom. The molecule has 1 aliphatic heterocycles. The molecule has 0 bridgehead atoms. The van der Waals surface area contributed by atoms with Crippen LogP contribution in [-0.4, -0.2) is 71.9 Å². The molecule has 3 amide bonds. The molecular weight excluding hydrogens is 288 g/mol. The molecule has 1 heterocycles. The number of nitrogens with two attached hydrogens (primary N) is 1. The van der Waals surface area contributed by atoms with Gasteiger partial charge in [0, 0.05) is 19.5 Å². The van der Waals surface area contributed by atoms with E-state index in [1.807, 2.05) is 0 Å². The molecule has 0 aliphatic carbocycles. The normalized spacial score (nSPS) is 19.5. The van der Waals surface area contributed by atoms with Crippen LogP contribution in [0.1, 0.15) is 32.6 Å². The molecule has 0 saturated carbocycles. The van der Waals surface area contributed by atoms with E-state index in [2.05, 4.69) is 12.1 Å². The van der Waals surface area contributed by atoms with Crippen molar-refractivity contribution in [2.45, 2.75) is 38.6 Å². The molecule has 126 valence electrons. The number of unbranched alkanes of at least 4 members (excludes halogenated alkanes) is 2. The Labute approximate surface area is 130 Å². The lowest BCUT2D eigenvalue weighted by Crippen LogP contribution is -2.50. The summed E-state index contributed by atoms with van der Waals surface area (Å²) in [4.78, 5) is 31.9. The number of amides is 3. The summed E-state index contributed by atoms with van der Waals surface area (Å²) in [6.45, 7) is 2.96. The van der Waals surface area contributed by atoms with Gasteiger partial charge in [0.2, 0.25) is 5.91 Å². The molecule has 3 N–H and O–H groups in total. The number of hydrogen-bond acceptors (Lipinski definition) is 5. The van der Waals surface area contributed by atoms with Crippen molar-refractivity contribution in [1.29, 1.82) is 0 Å². The molecule has 0 aromatic rings. The SMILES string of the molecule is CCCCCN(CCO)C(=O)N1CC(=NOC)CC1C(N)=O. The van der Waals surface area contributed by atoms with E-state index in [9.17, 15) is 9.59 Å². The van der Waals surface area contributed by atoms with E-state index < -0.39 is 11.9 Å². The number of oxime groups is 1. The van der Waals surface area contributed by atoms with Crippen molar-refractivity contribution in [3.8, 4) is 0 Å². The second kappa shape index (κ2) is 9.24. The van der Waals surface area contributed by atoms with Gasteiger partial charge in [-0.1, -0.05) is 24.9 Å². The third kappa shape index (κ3) is 4.87. The molecule has 1 unspecified atom stereocenters. The van der Waals surface area contributed by atoms with Gasteiger partial charge in [-0.25, -0.2) is 4.79 Å². The van der Waals surface area contributed by atoms with Gasteiger partial charge in [-0.2, -0.15) is 0 Å². The van der Waals surface area contributed by atoms with Gasteiger partial charge < -0.3 is 25.5 Å². The Kier molecular flexibility index (Phi) is 7.65. The maximum atomic E-state index is 12.6. The van der Waals surface area contributed by atoms with E-state index in [4.69, 9.17) is 15.7 Å². The maximum absolute atomic E-state index is 12.6. The van der Waals surface area contributed by atoms with Crippen LogP contribution in [0.15, 0.2) is 5.16 Å². The zero-order valence-corrected chi connectivity index (χ0v) is 13.3. The summed E-state index contributed by atoms with van der Waals surface area (Å²) in [5, 5.41) is 13.0. The summed E-state index contributed by atoms with van der Waals surface area (Å²) < 4.78 is 0. The molecule has 0 aromatic heterocycles. The second-order valence-corrected chi connectivity index (χ2v) is 5.29. The largest absolute Gasteiger partial charge is 0.399 e. The van der Waals surface area contributed by atoms with Crippen LogP contribution in [0.5, 0.6) is 0 Å². The number of hydrogen-bond donors (Lipinski definition) is 2.